The van der Waals surface area contributed by atoms with Crippen LogP contribution < -0.4 is 14.5 Å². The van der Waals surface area contributed by atoms with Gasteiger partial charge in [0, 0.05) is 19.3 Å². The summed E-state index contributed by atoms with van der Waals surface area (Å²) in [5, 5.41) is 1.11. The number of methoxy groups -OCH3 is 1. The van der Waals surface area contributed by atoms with E-state index in [0.29, 0.717) is 12.1 Å². The van der Waals surface area contributed by atoms with Gasteiger partial charge < -0.3 is 14.5 Å². The summed E-state index contributed by atoms with van der Waals surface area (Å²) in [7, 11) is 1.70. The van der Waals surface area contributed by atoms with Crippen molar-refractivity contribution in [2.45, 2.75) is 25.4 Å². The molecule has 6 nitrogen and oxygen atoms in total. The van der Waals surface area contributed by atoms with E-state index in [1.807, 2.05) is 31.3 Å². The molecule has 0 spiro atoms. The molecule has 2 unspecified atom stereocenters. The number of para-hydroxylation sites is 1. The van der Waals surface area contributed by atoms with Gasteiger partial charge >= 0.3 is 0 Å². The Hall–Kier alpha value is -2.41. The van der Waals surface area contributed by atoms with Crippen molar-refractivity contribution in [3.05, 3.63) is 36.3 Å². The highest BCUT2D eigenvalue weighted by Crippen LogP contribution is 2.42. The Morgan fingerprint density at radius 3 is 2.76 bits per heavy atom. The number of ether oxygens (including phenoxy) is 1. The fourth-order valence-electron chi connectivity index (χ4n) is 3.92. The Morgan fingerprint density at radius 1 is 1.16 bits per heavy atom. The van der Waals surface area contributed by atoms with Crippen molar-refractivity contribution in [1.82, 2.24) is 15.0 Å². The predicted octanol–water partition coefficient (Wildman–Crippen LogP) is 2.87. The van der Waals surface area contributed by atoms with Gasteiger partial charge in [-0.1, -0.05) is 17.4 Å². The van der Waals surface area contributed by atoms with Crippen molar-refractivity contribution in [3.8, 4) is 5.75 Å². The Labute approximate surface area is 150 Å². The zero-order valence-corrected chi connectivity index (χ0v) is 15.0. The van der Waals surface area contributed by atoms with E-state index in [-0.39, 0.29) is 0 Å². The minimum atomic E-state index is 0.501. The molecule has 0 saturated carbocycles. The summed E-state index contributed by atoms with van der Waals surface area (Å²) in [5.41, 5.74) is 0.971. The third-order valence-electron chi connectivity index (χ3n) is 5.09. The molecule has 128 valence electrons. The van der Waals surface area contributed by atoms with Gasteiger partial charge in [0.05, 0.1) is 23.9 Å². The van der Waals surface area contributed by atoms with Crippen molar-refractivity contribution in [1.29, 1.82) is 0 Å². The second kappa shape index (κ2) is 5.56. The molecule has 3 fully saturated rings. The maximum Gasteiger partial charge on any atom is 0.187 e. The summed E-state index contributed by atoms with van der Waals surface area (Å²) in [4.78, 5) is 18.5. The molecule has 3 saturated heterocycles. The number of thiazole rings is 1. The van der Waals surface area contributed by atoms with Crippen LogP contribution in [-0.4, -0.2) is 47.2 Å². The standard InChI is InChI=1S/C18H19N5OS/c1-11-19-7-6-16(20-11)22-9-12-8-13(10-22)23(12)18-21-17-14(24-2)4-3-5-15(17)25-18/h3-7,12-13H,8-10H2,1-2H3. The Balaban J connectivity index is 1.41. The number of aryl methyl sites for hydroxylation is 1. The molecule has 7 heteroatoms. The van der Waals surface area contributed by atoms with Gasteiger partial charge in [-0.2, -0.15) is 0 Å². The summed E-state index contributed by atoms with van der Waals surface area (Å²) < 4.78 is 6.64. The van der Waals surface area contributed by atoms with Crippen LogP contribution in [0.4, 0.5) is 10.9 Å². The molecule has 3 aliphatic rings. The fourth-order valence-corrected chi connectivity index (χ4v) is 5.04. The number of anilines is 2. The number of benzene rings is 1. The minimum Gasteiger partial charge on any atom is -0.494 e. The highest BCUT2D eigenvalue weighted by atomic mass is 32.1. The third kappa shape index (κ3) is 2.33. The number of nitrogens with zero attached hydrogens (tertiary/aromatic N) is 5. The monoisotopic (exact) mass is 353 g/mol. The second-order valence-corrected chi connectivity index (χ2v) is 7.63. The largest absolute Gasteiger partial charge is 0.494 e. The molecule has 6 rings (SSSR count). The lowest BCUT2D eigenvalue weighted by molar-refractivity contribution is 0.290. The second-order valence-electron chi connectivity index (χ2n) is 6.62. The molecule has 5 heterocycles. The first-order valence-corrected chi connectivity index (χ1v) is 9.31. The topological polar surface area (TPSA) is 54.4 Å². The number of piperazine rings is 1. The highest BCUT2D eigenvalue weighted by Gasteiger charge is 2.46. The number of rotatable bonds is 3. The van der Waals surface area contributed by atoms with E-state index >= 15 is 0 Å². The molecule has 0 aliphatic carbocycles. The van der Waals surface area contributed by atoms with Gasteiger partial charge in [-0.05, 0) is 31.5 Å². The first-order valence-electron chi connectivity index (χ1n) is 8.49. The average Bonchev–Trinajstić information content (AvgIpc) is 3.04. The van der Waals surface area contributed by atoms with E-state index in [9.17, 15) is 0 Å². The first-order chi connectivity index (χ1) is 12.2. The molecule has 3 aliphatic heterocycles. The first kappa shape index (κ1) is 14.9. The molecule has 0 N–H and O–H groups in total. The Bertz CT molecular complexity index is 930. The zero-order chi connectivity index (χ0) is 17.0. The van der Waals surface area contributed by atoms with E-state index in [0.717, 1.165) is 41.1 Å². The van der Waals surface area contributed by atoms with Crippen molar-refractivity contribution < 1.29 is 4.74 Å². The van der Waals surface area contributed by atoms with E-state index < -0.39 is 0 Å². The zero-order valence-electron chi connectivity index (χ0n) is 14.2. The lowest BCUT2D eigenvalue weighted by atomic mass is 9.88. The quantitative estimate of drug-likeness (QED) is 0.722. The molecular weight excluding hydrogens is 334 g/mol. The summed E-state index contributed by atoms with van der Waals surface area (Å²) in [6.45, 7) is 3.91. The van der Waals surface area contributed by atoms with Crippen LogP contribution in [0.3, 0.4) is 0 Å². The van der Waals surface area contributed by atoms with Crippen LogP contribution >= 0.6 is 11.3 Å². The molecule has 0 radical (unpaired) electrons. The van der Waals surface area contributed by atoms with Crippen LogP contribution in [-0.2, 0) is 0 Å². The van der Waals surface area contributed by atoms with Gasteiger partial charge in [0.25, 0.3) is 0 Å². The maximum absolute atomic E-state index is 5.46. The van der Waals surface area contributed by atoms with Gasteiger partial charge in [-0.3, -0.25) is 0 Å². The van der Waals surface area contributed by atoms with Crippen LogP contribution in [0, 0.1) is 6.92 Å². The fraction of sp³-hybridized carbons (Fsp3) is 0.389. The number of fused-ring (bicyclic) bond motifs is 3. The summed E-state index contributed by atoms with van der Waals surface area (Å²) >= 11 is 1.76. The van der Waals surface area contributed by atoms with Crippen LogP contribution in [0.5, 0.6) is 5.75 Å². The van der Waals surface area contributed by atoms with E-state index in [1.54, 1.807) is 18.4 Å². The number of hydrogen-bond donors (Lipinski definition) is 0. The van der Waals surface area contributed by atoms with Crippen molar-refractivity contribution in [3.63, 3.8) is 0 Å². The van der Waals surface area contributed by atoms with Gasteiger partial charge in [0.2, 0.25) is 0 Å². The summed E-state index contributed by atoms with van der Waals surface area (Å²) in [6, 6.07) is 9.12. The van der Waals surface area contributed by atoms with Gasteiger partial charge in [0.1, 0.15) is 22.9 Å². The number of hydrogen-bond acceptors (Lipinski definition) is 7. The van der Waals surface area contributed by atoms with Crippen LogP contribution in [0.15, 0.2) is 30.5 Å². The summed E-state index contributed by atoms with van der Waals surface area (Å²) in [6.07, 6.45) is 3.07. The third-order valence-corrected chi connectivity index (χ3v) is 6.12. The van der Waals surface area contributed by atoms with Gasteiger partial charge in [0.15, 0.2) is 5.13 Å². The Morgan fingerprint density at radius 2 is 2.00 bits per heavy atom. The van der Waals surface area contributed by atoms with E-state index in [1.165, 1.54) is 11.1 Å². The van der Waals surface area contributed by atoms with Crippen molar-refractivity contribution in [2.24, 2.45) is 0 Å². The minimum absolute atomic E-state index is 0.501. The predicted molar refractivity (Wildman–Crippen MR) is 99.8 cm³/mol. The smallest absolute Gasteiger partial charge is 0.187 e. The van der Waals surface area contributed by atoms with Crippen LogP contribution in [0.2, 0.25) is 0 Å². The van der Waals surface area contributed by atoms with Crippen molar-refractivity contribution in [2.75, 3.05) is 30.0 Å². The van der Waals surface area contributed by atoms with Gasteiger partial charge in [-0.25, -0.2) is 15.0 Å². The molecule has 25 heavy (non-hydrogen) atoms. The van der Waals surface area contributed by atoms with Crippen molar-refractivity contribution >= 4 is 32.5 Å². The summed E-state index contributed by atoms with van der Waals surface area (Å²) in [5.74, 6) is 2.71. The molecular formula is C18H19N5OS. The highest BCUT2D eigenvalue weighted by molar-refractivity contribution is 7.22. The van der Waals surface area contributed by atoms with E-state index in [4.69, 9.17) is 9.72 Å². The number of piperidine rings is 1. The molecule has 2 aromatic heterocycles. The lowest BCUT2D eigenvalue weighted by Crippen LogP contribution is -2.69. The SMILES string of the molecule is COc1cccc2sc(N3C4CC3CN(c3ccnc(C)n3)C4)nc12. The molecule has 2 atom stereocenters. The van der Waals surface area contributed by atoms with Gasteiger partial charge in [-0.15, -0.1) is 0 Å². The molecule has 3 aromatic rings. The molecule has 2 bridgehead atoms. The average molecular weight is 353 g/mol. The molecule has 1 aromatic carbocycles. The number of aromatic nitrogens is 3. The van der Waals surface area contributed by atoms with E-state index in [2.05, 4.69) is 25.8 Å². The maximum atomic E-state index is 5.46. The normalized spacial score (nSPS) is 22.2. The Kier molecular flexibility index (Phi) is 3.31. The molecule has 0 amide bonds. The van der Waals surface area contributed by atoms with Crippen LogP contribution in [0.1, 0.15) is 12.2 Å². The lowest BCUT2D eigenvalue weighted by Gasteiger charge is -2.56. The van der Waals surface area contributed by atoms with Crippen LogP contribution in [0.25, 0.3) is 10.2 Å².